The van der Waals surface area contributed by atoms with Gasteiger partial charge in [-0.2, -0.15) is 0 Å². The maximum Gasteiger partial charge on any atom is 0.0619 e. The van der Waals surface area contributed by atoms with E-state index in [-0.39, 0.29) is 0 Å². The summed E-state index contributed by atoms with van der Waals surface area (Å²) < 4.78 is 0. The molecule has 0 bridgehead atoms. The number of rotatable bonds is 16. The SMILES string of the molecule is CCCCCCc1ccc(N(c2ccc3c(c2)CCCC3)c2c3ccccc3c(N(c3ccc(CCCCCC)cc3)c3ccc4c(c3)CCCC4)c3ccccc23)cc1. The van der Waals surface area contributed by atoms with Crippen molar-refractivity contribution in [1.29, 1.82) is 0 Å². The first-order valence-electron chi connectivity index (χ1n) is 23.7. The predicted octanol–water partition coefficient (Wildman–Crippen LogP) is 16.9. The molecule has 0 saturated carbocycles. The van der Waals surface area contributed by atoms with Crippen molar-refractivity contribution in [3.63, 3.8) is 0 Å². The lowest BCUT2D eigenvalue weighted by Crippen LogP contribution is -2.16. The summed E-state index contributed by atoms with van der Waals surface area (Å²) in [5.41, 5.74) is 16.3. The number of hydrogen-bond acceptors (Lipinski definition) is 2. The van der Waals surface area contributed by atoms with Crippen molar-refractivity contribution < 1.29 is 0 Å². The molecule has 9 rings (SSSR count). The average molecular weight is 789 g/mol. The minimum atomic E-state index is 1.14. The lowest BCUT2D eigenvalue weighted by molar-refractivity contribution is 0.667. The maximum absolute atomic E-state index is 2.58. The molecular formula is C58H64N2. The summed E-state index contributed by atoms with van der Waals surface area (Å²) in [4.78, 5) is 5.17. The van der Waals surface area contributed by atoms with Crippen LogP contribution in [0.3, 0.4) is 0 Å². The van der Waals surface area contributed by atoms with Gasteiger partial charge in [0.2, 0.25) is 0 Å². The third-order valence-electron chi connectivity index (χ3n) is 13.5. The van der Waals surface area contributed by atoms with Crippen LogP contribution in [0.25, 0.3) is 21.5 Å². The summed E-state index contributed by atoms with van der Waals surface area (Å²) in [6.45, 7) is 4.59. The van der Waals surface area contributed by atoms with Gasteiger partial charge in [-0.1, -0.05) is 137 Å². The van der Waals surface area contributed by atoms with Crippen molar-refractivity contribution in [2.24, 2.45) is 0 Å². The van der Waals surface area contributed by atoms with Gasteiger partial charge in [0.25, 0.3) is 0 Å². The van der Waals surface area contributed by atoms with Gasteiger partial charge in [0, 0.05) is 44.3 Å². The fourth-order valence-corrected chi connectivity index (χ4v) is 10.2. The number of aryl methyl sites for hydroxylation is 6. The van der Waals surface area contributed by atoms with E-state index in [9.17, 15) is 0 Å². The molecule has 0 heterocycles. The van der Waals surface area contributed by atoms with E-state index >= 15 is 0 Å². The molecule has 7 aromatic rings. The molecule has 0 atom stereocenters. The van der Waals surface area contributed by atoms with Crippen LogP contribution in [-0.2, 0) is 38.5 Å². The third-order valence-corrected chi connectivity index (χ3v) is 13.5. The highest BCUT2D eigenvalue weighted by Crippen LogP contribution is 2.51. The van der Waals surface area contributed by atoms with Gasteiger partial charge < -0.3 is 9.80 Å². The average Bonchev–Trinajstić information content (AvgIpc) is 3.31. The molecule has 0 radical (unpaired) electrons. The van der Waals surface area contributed by atoms with Gasteiger partial charge in [0.15, 0.2) is 0 Å². The number of nitrogens with zero attached hydrogens (tertiary/aromatic N) is 2. The van der Waals surface area contributed by atoms with Gasteiger partial charge >= 0.3 is 0 Å². The minimum absolute atomic E-state index is 1.14. The quantitative estimate of drug-likeness (QED) is 0.0547. The number of fused-ring (bicyclic) bond motifs is 4. The first kappa shape index (κ1) is 40.1. The summed E-state index contributed by atoms with van der Waals surface area (Å²) in [5.74, 6) is 0. The van der Waals surface area contributed by atoms with E-state index in [4.69, 9.17) is 0 Å². The molecule has 7 aromatic carbocycles. The second kappa shape index (κ2) is 18.9. The molecule has 0 amide bonds. The summed E-state index contributed by atoms with van der Waals surface area (Å²) in [7, 11) is 0. The highest BCUT2D eigenvalue weighted by atomic mass is 15.2. The van der Waals surface area contributed by atoms with Crippen LogP contribution in [0.2, 0.25) is 0 Å². The zero-order chi connectivity index (χ0) is 40.7. The smallest absolute Gasteiger partial charge is 0.0619 e. The van der Waals surface area contributed by atoms with Crippen molar-refractivity contribution >= 4 is 55.7 Å². The van der Waals surface area contributed by atoms with Crippen molar-refractivity contribution in [2.75, 3.05) is 9.80 Å². The molecule has 2 heteroatoms. The molecular weight excluding hydrogens is 725 g/mol. The first-order chi connectivity index (χ1) is 29.7. The lowest BCUT2D eigenvalue weighted by atomic mass is 9.90. The minimum Gasteiger partial charge on any atom is -0.309 e. The van der Waals surface area contributed by atoms with Crippen molar-refractivity contribution in [2.45, 2.75) is 129 Å². The molecule has 0 aromatic heterocycles. The Balaban J connectivity index is 1.24. The Bertz CT molecular complexity index is 2290. The predicted molar refractivity (Wildman–Crippen MR) is 260 cm³/mol. The molecule has 2 aliphatic rings. The monoisotopic (exact) mass is 789 g/mol. The molecule has 0 unspecified atom stereocenters. The third kappa shape index (κ3) is 8.49. The van der Waals surface area contributed by atoms with Gasteiger partial charge in [-0.15, -0.1) is 0 Å². The highest BCUT2D eigenvalue weighted by molar-refractivity contribution is 6.23. The van der Waals surface area contributed by atoms with Gasteiger partial charge in [-0.05, 0) is 159 Å². The number of anilines is 6. The number of hydrogen-bond donors (Lipinski definition) is 0. The van der Waals surface area contributed by atoms with Crippen LogP contribution in [0.1, 0.15) is 124 Å². The first-order valence-corrected chi connectivity index (χ1v) is 23.7. The molecule has 0 spiro atoms. The largest absolute Gasteiger partial charge is 0.309 e. The summed E-state index contributed by atoms with van der Waals surface area (Å²) >= 11 is 0. The Morgan fingerprint density at radius 3 is 1.07 bits per heavy atom. The van der Waals surface area contributed by atoms with Crippen LogP contribution in [0.5, 0.6) is 0 Å². The standard InChI is InChI=1S/C58H64N2/c1-3-5-7-9-19-43-29-35-49(36-30-43)59(51-39-33-45-21-11-13-23-47(45)41-51)57-53-25-15-17-27-55(53)58(56-28-18-16-26-54(56)57)60(52-40-34-46-22-12-14-24-48(46)42-52)50-37-31-44(32-38-50)20-10-8-6-4-2/h15-18,25-42H,3-14,19-24H2,1-2H3. The maximum atomic E-state index is 2.58. The second-order valence-corrected chi connectivity index (χ2v) is 17.7. The molecule has 0 aliphatic heterocycles. The Kier molecular flexibility index (Phi) is 12.6. The van der Waals surface area contributed by atoms with Crippen LogP contribution in [0.4, 0.5) is 34.1 Å². The highest BCUT2D eigenvalue weighted by Gasteiger charge is 2.26. The summed E-state index contributed by atoms with van der Waals surface area (Å²) in [6.07, 6.45) is 22.3. The van der Waals surface area contributed by atoms with Crippen molar-refractivity contribution in [3.05, 3.63) is 167 Å². The number of benzene rings is 7. The zero-order valence-electron chi connectivity index (χ0n) is 36.3. The summed E-state index contributed by atoms with van der Waals surface area (Å²) in [6, 6.07) is 52.2. The second-order valence-electron chi connectivity index (χ2n) is 17.7. The molecule has 0 N–H and O–H groups in total. The van der Waals surface area contributed by atoms with Crippen LogP contribution in [0.15, 0.2) is 133 Å². The fraction of sp³-hybridized carbons (Fsp3) is 0.345. The molecule has 2 nitrogen and oxygen atoms in total. The van der Waals surface area contributed by atoms with Crippen LogP contribution < -0.4 is 9.80 Å². The van der Waals surface area contributed by atoms with E-state index in [0.29, 0.717) is 0 Å². The Labute approximate surface area is 360 Å². The Morgan fingerprint density at radius 1 is 0.350 bits per heavy atom. The molecule has 0 saturated heterocycles. The van der Waals surface area contributed by atoms with Crippen molar-refractivity contribution in [1.82, 2.24) is 0 Å². The Morgan fingerprint density at radius 2 is 0.700 bits per heavy atom. The lowest BCUT2D eigenvalue weighted by Gasteiger charge is -2.33. The van der Waals surface area contributed by atoms with Gasteiger partial charge in [0.05, 0.1) is 11.4 Å². The normalized spacial score (nSPS) is 13.6. The van der Waals surface area contributed by atoms with Gasteiger partial charge in [-0.25, -0.2) is 0 Å². The van der Waals surface area contributed by atoms with E-state index < -0.39 is 0 Å². The van der Waals surface area contributed by atoms with Gasteiger partial charge in [-0.3, -0.25) is 0 Å². The van der Waals surface area contributed by atoms with E-state index in [1.807, 2.05) is 0 Å². The zero-order valence-corrected chi connectivity index (χ0v) is 36.3. The molecule has 60 heavy (non-hydrogen) atoms. The summed E-state index contributed by atoms with van der Waals surface area (Å²) in [5, 5.41) is 5.07. The number of unbranched alkanes of at least 4 members (excludes halogenated alkanes) is 6. The van der Waals surface area contributed by atoms with Crippen molar-refractivity contribution in [3.8, 4) is 0 Å². The Hall–Kier alpha value is -5.34. The molecule has 0 fully saturated rings. The topological polar surface area (TPSA) is 6.48 Å². The van der Waals surface area contributed by atoms with E-state index in [1.165, 1.54) is 179 Å². The van der Waals surface area contributed by atoms with E-state index in [0.717, 1.165) is 25.7 Å². The van der Waals surface area contributed by atoms with Gasteiger partial charge in [0.1, 0.15) is 0 Å². The fourth-order valence-electron chi connectivity index (χ4n) is 10.2. The van der Waals surface area contributed by atoms with Crippen LogP contribution >= 0.6 is 0 Å². The van der Waals surface area contributed by atoms with Crippen LogP contribution in [0, 0.1) is 0 Å². The molecule has 2 aliphatic carbocycles. The van der Waals surface area contributed by atoms with E-state index in [1.54, 1.807) is 0 Å². The van der Waals surface area contributed by atoms with E-state index in [2.05, 4.69) is 157 Å². The van der Waals surface area contributed by atoms with Crippen LogP contribution in [-0.4, -0.2) is 0 Å². The molecule has 306 valence electrons.